The van der Waals surface area contributed by atoms with E-state index in [0.717, 1.165) is 0 Å². The molecule has 2 aromatic rings. The average molecular weight is 335 g/mol. The summed E-state index contributed by atoms with van der Waals surface area (Å²) in [6.07, 6.45) is 0. The van der Waals surface area contributed by atoms with Crippen LogP contribution >= 0.6 is 11.8 Å². The molecule has 0 aliphatic heterocycles. The van der Waals surface area contributed by atoms with Crippen LogP contribution in [0.2, 0.25) is 0 Å². The Labute approximate surface area is 135 Å². The van der Waals surface area contributed by atoms with E-state index >= 15 is 0 Å². The van der Waals surface area contributed by atoms with Gasteiger partial charge >= 0.3 is 5.97 Å². The summed E-state index contributed by atoms with van der Waals surface area (Å²) in [5, 5.41) is 8.83. The molecule has 0 aliphatic rings. The molecule has 0 bridgehead atoms. The van der Waals surface area contributed by atoms with Crippen LogP contribution in [-0.2, 0) is 0 Å². The molecule has 0 saturated carbocycles. The molecule has 7 heteroatoms. The lowest BCUT2D eigenvalue weighted by molar-refractivity contribution is 0.0729. The number of nitrogens with zero attached hydrogens (tertiary/aromatic N) is 1. The summed E-state index contributed by atoms with van der Waals surface area (Å²) in [7, 11) is 1.39. The highest BCUT2D eigenvalue weighted by Crippen LogP contribution is 2.29. The Morgan fingerprint density at radius 2 is 1.87 bits per heavy atom. The van der Waals surface area contributed by atoms with Crippen LogP contribution < -0.4 is 9.47 Å². The second kappa shape index (κ2) is 7.61. The molecule has 0 unspecified atom stereocenters. The number of hydrogen-bond acceptors (Lipinski definition) is 5. The number of rotatable bonds is 5. The Bertz CT molecular complexity index is 742. The van der Waals surface area contributed by atoms with E-state index in [0.29, 0.717) is 22.2 Å². The van der Waals surface area contributed by atoms with Crippen LogP contribution in [0.5, 0.6) is 11.5 Å². The number of ether oxygens (including phenoxy) is 2. The summed E-state index contributed by atoms with van der Waals surface area (Å²) in [6, 6.07) is 12.0. The first-order valence-corrected chi connectivity index (χ1v) is 7.26. The van der Waals surface area contributed by atoms with Crippen molar-refractivity contribution in [3.8, 4) is 17.6 Å². The first kappa shape index (κ1) is 16.8. The third-order valence-corrected chi connectivity index (χ3v) is 3.53. The van der Waals surface area contributed by atoms with Crippen LogP contribution in [0.3, 0.4) is 0 Å². The average Bonchev–Trinajstić information content (AvgIpc) is 2.55. The second-order valence-corrected chi connectivity index (χ2v) is 5.33. The van der Waals surface area contributed by atoms with Gasteiger partial charge in [-0.1, -0.05) is 11.8 Å². The monoisotopic (exact) mass is 335 g/mol. The quantitative estimate of drug-likeness (QED) is 0.468. The standard InChI is InChI=1S/C16H11F2NO3S/c1-21-14-8-10(9-19)2-7-13(14)22-15(20)11-3-5-12(6-4-11)23-16(17)18/h2-8,16H,1H3. The fourth-order valence-electron chi connectivity index (χ4n) is 1.75. The van der Waals surface area contributed by atoms with Crippen LogP contribution in [0.25, 0.3) is 0 Å². The minimum atomic E-state index is -2.52. The Morgan fingerprint density at radius 3 is 2.43 bits per heavy atom. The fourth-order valence-corrected chi connectivity index (χ4v) is 2.25. The summed E-state index contributed by atoms with van der Waals surface area (Å²) < 4.78 is 34.8. The zero-order chi connectivity index (χ0) is 16.8. The van der Waals surface area contributed by atoms with Gasteiger partial charge in [-0.05, 0) is 36.4 Å². The topological polar surface area (TPSA) is 59.3 Å². The van der Waals surface area contributed by atoms with Gasteiger partial charge < -0.3 is 9.47 Å². The summed E-state index contributed by atoms with van der Waals surface area (Å²) >= 11 is 0.397. The van der Waals surface area contributed by atoms with E-state index in [2.05, 4.69) is 0 Å². The van der Waals surface area contributed by atoms with Gasteiger partial charge in [0.2, 0.25) is 0 Å². The lowest BCUT2D eigenvalue weighted by Crippen LogP contribution is -2.09. The van der Waals surface area contributed by atoms with E-state index < -0.39 is 11.7 Å². The van der Waals surface area contributed by atoms with E-state index in [1.165, 1.54) is 49.6 Å². The van der Waals surface area contributed by atoms with Crippen LogP contribution in [0.15, 0.2) is 47.4 Å². The lowest BCUT2D eigenvalue weighted by atomic mass is 10.2. The van der Waals surface area contributed by atoms with Crippen molar-refractivity contribution in [2.45, 2.75) is 10.7 Å². The number of carbonyl (C=O) groups excluding carboxylic acids is 1. The fraction of sp³-hybridized carbons (Fsp3) is 0.125. The summed E-state index contributed by atoms with van der Waals surface area (Å²) in [4.78, 5) is 12.4. The molecule has 4 nitrogen and oxygen atoms in total. The number of esters is 1. The van der Waals surface area contributed by atoms with Crippen molar-refractivity contribution in [2.24, 2.45) is 0 Å². The van der Waals surface area contributed by atoms with Crippen molar-refractivity contribution >= 4 is 17.7 Å². The van der Waals surface area contributed by atoms with Gasteiger partial charge in [0.05, 0.1) is 24.3 Å². The highest BCUT2D eigenvalue weighted by Gasteiger charge is 2.13. The number of carbonyl (C=O) groups is 1. The van der Waals surface area contributed by atoms with Gasteiger partial charge in [0.25, 0.3) is 5.76 Å². The summed E-state index contributed by atoms with van der Waals surface area (Å²) in [5.41, 5.74) is 0.588. The smallest absolute Gasteiger partial charge is 0.343 e. The molecular weight excluding hydrogens is 324 g/mol. The highest BCUT2D eigenvalue weighted by molar-refractivity contribution is 7.99. The van der Waals surface area contributed by atoms with Gasteiger partial charge in [0.15, 0.2) is 11.5 Å². The van der Waals surface area contributed by atoms with Gasteiger partial charge in [-0.15, -0.1) is 0 Å². The van der Waals surface area contributed by atoms with Gasteiger partial charge in [-0.25, -0.2) is 4.79 Å². The van der Waals surface area contributed by atoms with Crippen molar-refractivity contribution in [1.82, 2.24) is 0 Å². The third-order valence-electron chi connectivity index (χ3n) is 2.81. The van der Waals surface area contributed by atoms with Gasteiger partial charge in [0.1, 0.15) is 0 Å². The van der Waals surface area contributed by atoms with Gasteiger partial charge in [0, 0.05) is 11.0 Å². The van der Waals surface area contributed by atoms with Crippen LogP contribution in [0.1, 0.15) is 15.9 Å². The molecule has 118 valence electrons. The van der Waals surface area contributed by atoms with E-state index in [-0.39, 0.29) is 17.1 Å². The molecule has 0 amide bonds. The highest BCUT2D eigenvalue weighted by atomic mass is 32.2. The van der Waals surface area contributed by atoms with Crippen molar-refractivity contribution in [3.63, 3.8) is 0 Å². The summed E-state index contributed by atoms with van der Waals surface area (Å²) in [6.45, 7) is 0. The third kappa shape index (κ3) is 4.44. The Balaban J connectivity index is 2.14. The van der Waals surface area contributed by atoms with Crippen LogP contribution in [0.4, 0.5) is 8.78 Å². The molecule has 0 aliphatic carbocycles. The Kier molecular flexibility index (Phi) is 5.55. The summed E-state index contributed by atoms with van der Waals surface area (Å²) in [5.74, 6) is -2.75. The van der Waals surface area contributed by atoms with Crippen LogP contribution in [0, 0.1) is 11.3 Å². The molecular formula is C16H11F2NO3S. The van der Waals surface area contributed by atoms with E-state index in [9.17, 15) is 13.6 Å². The molecule has 2 rings (SSSR count). The number of benzene rings is 2. The maximum atomic E-state index is 12.2. The number of halogens is 2. The number of thioether (sulfide) groups is 1. The normalized spacial score (nSPS) is 10.2. The van der Waals surface area contributed by atoms with E-state index in [1.54, 1.807) is 0 Å². The van der Waals surface area contributed by atoms with Gasteiger partial charge in [-0.2, -0.15) is 14.0 Å². The maximum absolute atomic E-state index is 12.2. The predicted octanol–water partition coefficient (Wildman–Crippen LogP) is 4.10. The molecule has 0 spiro atoms. The lowest BCUT2D eigenvalue weighted by Gasteiger charge is -2.09. The van der Waals surface area contributed by atoms with Crippen LogP contribution in [-0.4, -0.2) is 18.8 Å². The predicted molar refractivity (Wildman–Crippen MR) is 81.0 cm³/mol. The molecule has 0 saturated heterocycles. The number of hydrogen-bond donors (Lipinski definition) is 0. The maximum Gasteiger partial charge on any atom is 0.343 e. The van der Waals surface area contributed by atoms with E-state index in [1.807, 2.05) is 6.07 Å². The Hall–Kier alpha value is -2.59. The second-order valence-electron chi connectivity index (χ2n) is 4.27. The molecule has 0 radical (unpaired) electrons. The molecule has 0 atom stereocenters. The minimum absolute atomic E-state index is 0.169. The number of methoxy groups -OCH3 is 1. The zero-order valence-corrected chi connectivity index (χ0v) is 12.8. The van der Waals surface area contributed by atoms with Crippen molar-refractivity contribution in [2.75, 3.05) is 7.11 Å². The Morgan fingerprint density at radius 1 is 1.17 bits per heavy atom. The number of nitriles is 1. The minimum Gasteiger partial charge on any atom is -0.493 e. The van der Waals surface area contributed by atoms with Crippen molar-refractivity contribution < 1.29 is 23.0 Å². The first-order valence-electron chi connectivity index (χ1n) is 6.38. The molecule has 0 aromatic heterocycles. The SMILES string of the molecule is COc1cc(C#N)ccc1OC(=O)c1ccc(SC(F)F)cc1. The van der Waals surface area contributed by atoms with Crippen molar-refractivity contribution in [1.29, 1.82) is 5.26 Å². The van der Waals surface area contributed by atoms with Crippen molar-refractivity contribution in [3.05, 3.63) is 53.6 Å². The van der Waals surface area contributed by atoms with Gasteiger partial charge in [-0.3, -0.25) is 0 Å². The first-order chi connectivity index (χ1) is 11.0. The molecule has 0 fully saturated rings. The molecule has 0 N–H and O–H groups in total. The molecule has 23 heavy (non-hydrogen) atoms. The largest absolute Gasteiger partial charge is 0.493 e. The zero-order valence-electron chi connectivity index (χ0n) is 12.0. The molecule has 2 aromatic carbocycles. The number of alkyl halides is 2. The molecule has 0 heterocycles. The van der Waals surface area contributed by atoms with E-state index in [4.69, 9.17) is 14.7 Å².